The molecule has 4 aliphatic rings. The summed E-state index contributed by atoms with van der Waals surface area (Å²) < 4.78 is 14.4. The fraction of sp³-hybridized carbons (Fsp3) is 0.450. The Morgan fingerprint density at radius 3 is 2.46 bits per heavy atom. The lowest BCUT2D eigenvalue weighted by Crippen LogP contribution is -2.68. The Labute approximate surface area is 158 Å². The van der Waals surface area contributed by atoms with Crippen molar-refractivity contribution in [3.05, 3.63) is 59.0 Å². The number of piperidine rings is 2. The zero-order valence-electron chi connectivity index (χ0n) is 14.5. The summed E-state index contributed by atoms with van der Waals surface area (Å²) in [5, 5.41) is 3.81. The molecule has 4 nitrogen and oxygen atoms in total. The maximum absolute atomic E-state index is 14.4. The van der Waals surface area contributed by atoms with Gasteiger partial charge in [-0.3, -0.25) is 0 Å². The van der Waals surface area contributed by atoms with E-state index in [-0.39, 0.29) is 17.3 Å². The topological polar surface area (TPSA) is 31.4 Å². The van der Waals surface area contributed by atoms with Crippen LogP contribution >= 0.6 is 11.6 Å². The molecule has 5 heterocycles. The summed E-state index contributed by atoms with van der Waals surface area (Å²) >= 11 is 5.88. The zero-order valence-corrected chi connectivity index (χ0v) is 15.3. The number of nitrogens with zero attached hydrogens (tertiary/aromatic N) is 3. The summed E-state index contributed by atoms with van der Waals surface area (Å²) in [4.78, 5) is 9.39. The molecular formula is C20H22ClFN4. The number of halogens is 2. The Bertz CT molecular complexity index is 799. The molecule has 4 fully saturated rings. The quantitative estimate of drug-likeness (QED) is 0.897. The molecule has 6 rings (SSSR count). The predicted octanol–water partition coefficient (Wildman–Crippen LogP) is 2.85. The van der Waals surface area contributed by atoms with Gasteiger partial charge in [0, 0.05) is 62.8 Å². The van der Waals surface area contributed by atoms with Crippen molar-refractivity contribution >= 4 is 17.4 Å². The van der Waals surface area contributed by atoms with E-state index < -0.39 is 0 Å². The Hall–Kier alpha value is -1.69. The molecule has 0 aliphatic carbocycles. The highest BCUT2D eigenvalue weighted by Crippen LogP contribution is 2.44. The van der Waals surface area contributed by atoms with Crippen LogP contribution in [-0.4, -0.2) is 60.1 Å². The summed E-state index contributed by atoms with van der Waals surface area (Å²) in [6.45, 7) is 6.33. The molecule has 0 amide bonds. The van der Waals surface area contributed by atoms with Gasteiger partial charge in [-0.25, -0.2) is 9.37 Å². The number of pyridine rings is 1. The second-order valence-electron chi connectivity index (χ2n) is 7.86. The van der Waals surface area contributed by atoms with Crippen LogP contribution in [0.1, 0.15) is 5.56 Å². The third-order valence-corrected chi connectivity index (χ3v) is 6.45. The highest BCUT2D eigenvalue weighted by atomic mass is 35.5. The van der Waals surface area contributed by atoms with Crippen LogP contribution in [0, 0.1) is 11.7 Å². The molecule has 0 saturated carbocycles. The van der Waals surface area contributed by atoms with Crippen LogP contribution in [0.15, 0.2) is 42.6 Å². The van der Waals surface area contributed by atoms with Crippen LogP contribution in [0.3, 0.4) is 0 Å². The molecular weight excluding hydrogens is 351 g/mol. The molecule has 6 heteroatoms. The van der Waals surface area contributed by atoms with Crippen molar-refractivity contribution in [1.82, 2.24) is 14.8 Å². The molecule has 1 aromatic carbocycles. The largest absolute Gasteiger partial charge is 0.364 e. The van der Waals surface area contributed by atoms with E-state index in [1.807, 2.05) is 0 Å². The molecule has 4 aliphatic heterocycles. The standard InChI is InChI=1S/C20H22ClFN4/c21-16-8-17(22)19(23-9-16)24-18-14-10-25-6-7-26(11-14)13-20(18,12-25)15-4-2-1-3-5-15/h1-5,8-9,14,18H,6-7,10-13H2,(H,23,24). The van der Waals surface area contributed by atoms with Gasteiger partial charge in [-0.2, -0.15) is 0 Å². The first-order chi connectivity index (χ1) is 12.6. The number of benzene rings is 1. The highest BCUT2D eigenvalue weighted by Gasteiger charge is 2.55. The summed E-state index contributed by atoms with van der Waals surface area (Å²) in [7, 11) is 0. The summed E-state index contributed by atoms with van der Waals surface area (Å²) in [6, 6.07) is 12.2. The van der Waals surface area contributed by atoms with Crippen molar-refractivity contribution in [2.45, 2.75) is 11.5 Å². The van der Waals surface area contributed by atoms with Gasteiger partial charge in [0.1, 0.15) is 0 Å². The average Bonchev–Trinajstić information content (AvgIpc) is 2.89. The third-order valence-electron chi connectivity index (χ3n) is 6.24. The minimum Gasteiger partial charge on any atom is -0.364 e. The first kappa shape index (κ1) is 16.5. The lowest BCUT2D eigenvalue weighted by Gasteiger charge is -2.56. The molecule has 0 spiro atoms. The van der Waals surface area contributed by atoms with E-state index in [0.29, 0.717) is 16.8 Å². The van der Waals surface area contributed by atoms with Crippen LogP contribution in [0.5, 0.6) is 0 Å². The molecule has 3 unspecified atom stereocenters. The lowest BCUT2D eigenvalue weighted by atomic mass is 9.64. The van der Waals surface area contributed by atoms with Gasteiger partial charge in [-0.05, 0) is 11.6 Å². The number of aromatic nitrogens is 1. The Kier molecular flexibility index (Phi) is 3.92. The first-order valence-electron chi connectivity index (χ1n) is 9.22. The van der Waals surface area contributed by atoms with E-state index in [1.165, 1.54) is 17.8 Å². The Morgan fingerprint density at radius 1 is 1.12 bits per heavy atom. The monoisotopic (exact) mass is 372 g/mol. The number of nitrogens with one attached hydrogen (secondary N) is 1. The van der Waals surface area contributed by atoms with Crippen molar-refractivity contribution in [2.75, 3.05) is 44.6 Å². The van der Waals surface area contributed by atoms with Gasteiger partial charge in [0.25, 0.3) is 0 Å². The van der Waals surface area contributed by atoms with Crippen molar-refractivity contribution in [3.8, 4) is 0 Å². The van der Waals surface area contributed by atoms with E-state index in [4.69, 9.17) is 11.6 Å². The number of rotatable bonds is 3. The molecule has 0 radical (unpaired) electrons. The smallest absolute Gasteiger partial charge is 0.166 e. The highest BCUT2D eigenvalue weighted by molar-refractivity contribution is 6.30. The van der Waals surface area contributed by atoms with Gasteiger partial charge in [0.05, 0.1) is 5.02 Å². The van der Waals surface area contributed by atoms with Crippen molar-refractivity contribution in [1.29, 1.82) is 0 Å². The van der Waals surface area contributed by atoms with Crippen molar-refractivity contribution in [3.63, 3.8) is 0 Å². The lowest BCUT2D eigenvalue weighted by molar-refractivity contribution is 0.0436. The minimum absolute atomic E-state index is 0.0628. The zero-order chi connectivity index (χ0) is 17.7. The first-order valence-corrected chi connectivity index (χ1v) is 9.60. The van der Waals surface area contributed by atoms with Gasteiger partial charge < -0.3 is 15.1 Å². The Morgan fingerprint density at radius 2 is 1.81 bits per heavy atom. The van der Waals surface area contributed by atoms with Crippen molar-refractivity contribution < 1.29 is 4.39 Å². The average molecular weight is 373 g/mol. The van der Waals surface area contributed by atoms with Gasteiger partial charge in [0.2, 0.25) is 0 Å². The molecule has 4 bridgehead atoms. The number of hydrogen-bond donors (Lipinski definition) is 1. The van der Waals surface area contributed by atoms with Crippen LogP contribution < -0.4 is 5.32 Å². The van der Waals surface area contributed by atoms with Crippen LogP contribution in [-0.2, 0) is 5.41 Å². The third kappa shape index (κ3) is 2.61. The van der Waals surface area contributed by atoms with E-state index in [0.717, 1.165) is 39.3 Å². The van der Waals surface area contributed by atoms with Gasteiger partial charge in [0.15, 0.2) is 11.6 Å². The maximum atomic E-state index is 14.4. The van der Waals surface area contributed by atoms with Crippen LogP contribution in [0.2, 0.25) is 5.02 Å². The molecule has 2 aromatic rings. The van der Waals surface area contributed by atoms with E-state index in [2.05, 4.69) is 50.4 Å². The normalized spacial score (nSPS) is 35.3. The molecule has 1 N–H and O–H groups in total. The minimum atomic E-state index is -0.382. The van der Waals surface area contributed by atoms with Gasteiger partial charge in [-0.15, -0.1) is 0 Å². The number of fused-ring (bicyclic) bond motifs is 1. The van der Waals surface area contributed by atoms with E-state index in [1.54, 1.807) is 0 Å². The summed E-state index contributed by atoms with van der Waals surface area (Å²) in [5.41, 5.74) is 1.26. The Balaban J connectivity index is 1.58. The maximum Gasteiger partial charge on any atom is 0.166 e. The van der Waals surface area contributed by atoms with E-state index >= 15 is 0 Å². The second-order valence-corrected chi connectivity index (χ2v) is 8.29. The molecule has 3 atom stereocenters. The summed E-state index contributed by atoms with van der Waals surface area (Å²) in [6.07, 6.45) is 1.51. The fourth-order valence-corrected chi connectivity index (χ4v) is 5.38. The SMILES string of the molecule is Fc1cc(Cl)cnc1NC1C2CN3CCN(C2)CC1(c1ccccc1)C3. The predicted molar refractivity (Wildman–Crippen MR) is 101 cm³/mol. The molecule has 26 heavy (non-hydrogen) atoms. The van der Waals surface area contributed by atoms with Crippen LogP contribution in [0.4, 0.5) is 10.2 Å². The van der Waals surface area contributed by atoms with Crippen LogP contribution in [0.25, 0.3) is 0 Å². The number of hydrogen-bond acceptors (Lipinski definition) is 4. The molecule has 4 saturated heterocycles. The van der Waals surface area contributed by atoms with Gasteiger partial charge >= 0.3 is 0 Å². The second kappa shape index (κ2) is 6.19. The van der Waals surface area contributed by atoms with Gasteiger partial charge in [-0.1, -0.05) is 41.9 Å². The fourth-order valence-electron chi connectivity index (χ4n) is 5.24. The van der Waals surface area contributed by atoms with Crippen molar-refractivity contribution in [2.24, 2.45) is 5.92 Å². The van der Waals surface area contributed by atoms with E-state index in [9.17, 15) is 4.39 Å². The number of anilines is 1. The molecule has 1 aromatic heterocycles. The summed E-state index contributed by atoms with van der Waals surface area (Å²) in [5.74, 6) is 0.371. The molecule has 136 valence electrons.